The molecule has 0 aromatic heterocycles. The number of anilines is 1. The highest BCUT2D eigenvalue weighted by molar-refractivity contribution is 6.01. The van der Waals surface area contributed by atoms with Crippen LogP contribution in [0.5, 0.6) is 11.5 Å². The fraction of sp³-hybridized carbons (Fsp3) is 0.619. The van der Waals surface area contributed by atoms with Gasteiger partial charge in [-0.2, -0.15) is 0 Å². The summed E-state index contributed by atoms with van der Waals surface area (Å²) in [6.07, 6.45) is 4.66. The summed E-state index contributed by atoms with van der Waals surface area (Å²) in [4.78, 5) is 24.3. The summed E-state index contributed by atoms with van der Waals surface area (Å²) in [6, 6.07) is 4.89. The Morgan fingerprint density at radius 2 is 1.79 bits per heavy atom. The molecule has 0 spiro atoms. The Morgan fingerprint density at radius 3 is 2.54 bits per heavy atom. The number of imide groups is 1. The van der Waals surface area contributed by atoms with Gasteiger partial charge in [-0.25, -0.2) is 4.79 Å². The second kappa shape index (κ2) is 8.82. The van der Waals surface area contributed by atoms with Crippen molar-refractivity contribution < 1.29 is 19.1 Å². The van der Waals surface area contributed by atoms with Gasteiger partial charge < -0.3 is 20.1 Å². The highest BCUT2D eigenvalue weighted by atomic mass is 16.6. The number of carbonyl (C=O) groups is 2. The van der Waals surface area contributed by atoms with Gasteiger partial charge >= 0.3 is 6.03 Å². The Bertz CT molecular complexity index is 714. The van der Waals surface area contributed by atoms with E-state index in [1.165, 1.54) is 19.3 Å². The lowest BCUT2D eigenvalue weighted by molar-refractivity contribution is -0.119. The molecule has 0 bridgehead atoms. The lowest BCUT2D eigenvalue weighted by Crippen LogP contribution is -2.48. The van der Waals surface area contributed by atoms with Gasteiger partial charge in [-0.05, 0) is 36.3 Å². The average Bonchev–Trinajstić information content (AvgIpc) is 2.65. The first kappa shape index (κ1) is 20.5. The molecule has 3 N–H and O–H groups in total. The number of nitrogens with one attached hydrogen (secondary N) is 3. The van der Waals surface area contributed by atoms with Gasteiger partial charge in [0.15, 0.2) is 11.5 Å². The molecule has 1 aromatic carbocycles. The molecule has 154 valence electrons. The number of ether oxygens (including phenoxy) is 2. The van der Waals surface area contributed by atoms with Gasteiger partial charge in [-0.15, -0.1) is 0 Å². The van der Waals surface area contributed by atoms with Crippen molar-refractivity contribution in [2.24, 2.45) is 11.3 Å². The Labute approximate surface area is 166 Å². The van der Waals surface area contributed by atoms with E-state index in [-0.39, 0.29) is 17.9 Å². The Morgan fingerprint density at radius 1 is 1.07 bits per heavy atom. The van der Waals surface area contributed by atoms with Crippen LogP contribution in [0.1, 0.15) is 46.5 Å². The SMILES string of the molecule is CC(C)(C)C1CCCCC1NCC(=O)NC(=O)Nc1ccc2c(c1)OCCO2. The molecule has 0 radical (unpaired) electrons. The largest absolute Gasteiger partial charge is 0.486 e. The quantitative estimate of drug-likeness (QED) is 0.735. The minimum absolute atomic E-state index is 0.131. The van der Waals surface area contributed by atoms with E-state index in [9.17, 15) is 9.59 Å². The molecule has 3 amide bonds. The number of fused-ring (bicyclic) bond motifs is 1. The van der Waals surface area contributed by atoms with E-state index in [4.69, 9.17) is 9.47 Å². The fourth-order valence-electron chi connectivity index (χ4n) is 4.09. The van der Waals surface area contributed by atoms with Crippen molar-refractivity contribution in [2.75, 3.05) is 25.1 Å². The van der Waals surface area contributed by atoms with Crippen molar-refractivity contribution in [1.82, 2.24) is 10.6 Å². The van der Waals surface area contributed by atoms with Crippen molar-refractivity contribution in [2.45, 2.75) is 52.5 Å². The zero-order valence-corrected chi connectivity index (χ0v) is 17.0. The molecule has 2 unspecified atom stereocenters. The third-order valence-corrected chi connectivity index (χ3v) is 5.46. The number of hydrogen-bond donors (Lipinski definition) is 3. The first-order valence-corrected chi connectivity index (χ1v) is 10.1. The number of benzene rings is 1. The number of urea groups is 1. The highest BCUT2D eigenvalue weighted by Crippen LogP contribution is 2.38. The third-order valence-electron chi connectivity index (χ3n) is 5.46. The second-order valence-electron chi connectivity index (χ2n) is 8.61. The van der Waals surface area contributed by atoms with E-state index in [1.54, 1.807) is 18.2 Å². The molecular formula is C21H31N3O4. The number of hydrogen-bond acceptors (Lipinski definition) is 5. The maximum atomic E-state index is 12.2. The van der Waals surface area contributed by atoms with E-state index < -0.39 is 6.03 Å². The van der Waals surface area contributed by atoms with Crippen LogP contribution in [-0.2, 0) is 4.79 Å². The van der Waals surface area contributed by atoms with Crippen molar-refractivity contribution in [1.29, 1.82) is 0 Å². The van der Waals surface area contributed by atoms with Crippen molar-refractivity contribution >= 4 is 17.6 Å². The van der Waals surface area contributed by atoms with Crippen LogP contribution in [0.4, 0.5) is 10.5 Å². The van der Waals surface area contributed by atoms with E-state index in [1.807, 2.05) is 0 Å². The minimum Gasteiger partial charge on any atom is -0.486 e. The highest BCUT2D eigenvalue weighted by Gasteiger charge is 2.34. The van der Waals surface area contributed by atoms with Gasteiger partial charge in [0.25, 0.3) is 0 Å². The van der Waals surface area contributed by atoms with Gasteiger partial charge in [0, 0.05) is 17.8 Å². The molecule has 0 saturated heterocycles. The molecule has 1 fully saturated rings. The number of rotatable bonds is 4. The molecule has 1 aliphatic heterocycles. The van der Waals surface area contributed by atoms with Crippen molar-refractivity contribution in [3.8, 4) is 11.5 Å². The topological polar surface area (TPSA) is 88.7 Å². The van der Waals surface area contributed by atoms with E-state index in [0.29, 0.717) is 42.4 Å². The molecule has 2 atom stereocenters. The Kier molecular flexibility index (Phi) is 6.44. The van der Waals surface area contributed by atoms with Gasteiger partial charge in [-0.3, -0.25) is 10.1 Å². The predicted molar refractivity (Wildman–Crippen MR) is 108 cm³/mol. The van der Waals surface area contributed by atoms with Crippen LogP contribution >= 0.6 is 0 Å². The van der Waals surface area contributed by atoms with Crippen molar-refractivity contribution in [3.63, 3.8) is 0 Å². The van der Waals surface area contributed by atoms with Crippen LogP contribution in [0.2, 0.25) is 0 Å². The van der Waals surface area contributed by atoms with Gasteiger partial charge in [0.2, 0.25) is 5.91 Å². The zero-order valence-electron chi connectivity index (χ0n) is 17.0. The summed E-state index contributed by atoms with van der Waals surface area (Å²) < 4.78 is 11.0. The Balaban J connectivity index is 1.47. The average molecular weight is 389 g/mol. The molecule has 2 aliphatic rings. The second-order valence-corrected chi connectivity index (χ2v) is 8.61. The lowest BCUT2D eigenvalue weighted by atomic mass is 9.69. The molecule has 1 heterocycles. The molecule has 1 aromatic rings. The van der Waals surface area contributed by atoms with Crippen LogP contribution in [0.25, 0.3) is 0 Å². The minimum atomic E-state index is -0.556. The molecule has 7 nitrogen and oxygen atoms in total. The summed E-state index contributed by atoms with van der Waals surface area (Å²) in [5.41, 5.74) is 0.743. The van der Waals surface area contributed by atoms with Crippen LogP contribution in [0.15, 0.2) is 18.2 Å². The summed E-state index contributed by atoms with van der Waals surface area (Å²) in [5, 5.41) is 8.40. The lowest BCUT2D eigenvalue weighted by Gasteiger charge is -2.40. The first-order chi connectivity index (χ1) is 13.3. The molecule has 1 aliphatic carbocycles. The van der Waals surface area contributed by atoms with Crippen LogP contribution in [0.3, 0.4) is 0 Å². The normalized spacial score (nSPS) is 21.7. The zero-order chi connectivity index (χ0) is 20.1. The summed E-state index contributed by atoms with van der Waals surface area (Å²) >= 11 is 0. The number of amides is 3. The van der Waals surface area contributed by atoms with Gasteiger partial charge in [0.1, 0.15) is 13.2 Å². The van der Waals surface area contributed by atoms with Crippen LogP contribution in [-0.4, -0.2) is 37.7 Å². The van der Waals surface area contributed by atoms with Crippen LogP contribution < -0.4 is 25.4 Å². The predicted octanol–water partition coefficient (Wildman–Crippen LogP) is 3.30. The third kappa shape index (κ3) is 5.38. The summed E-state index contributed by atoms with van der Waals surface area (Å²) in [5.74, 6) is 1.43. The maximum absolute atomic E-state index is 12.2. The molecule has 1 saturated carbocycles. The monoisotopic (exact) mass is 389 g/mol. The fourth-order valence-corrected chi connectivity index (χ4v) is 4.09. The van der Waals surface area contributed by atoms with E-state index in [2.05, 4.69) is 36.7 Å². The smallest absolute Gasteiger partial charge is 0.325 e. The standard InChI is InChI=1S/C21H31N3O4/c1-21(2,3)15-6-4-5-7-16(15)22-13-19(25)24-20(26)23-14-8-9-17-18(12-14)28-11-10-27-17/h8-9,12,15-16,22H,4-7,10-11,13H2,1-3H3,(H2,23,24,25,26). The first-order valence-electron chi connectivity index (χ1n) is 10.1. The van der Waals surface area contributed by atoms with Crippen molar-refractivity contribution in [3.05, 3.63) is 18.2 Å². The maximum Gasteiger partial charge on any atom is 0.325 e. The molecule has 7 heteroatoms. The molecule has 3 rings (SSSR count). The number of carbonyl (C=O) groups excluding carboxylic acids is 2. The van der Waals surface area contributed by atoms with E-state index >= 15 is 0 Å². The van der Waals surface area contributed by atoms with E-state index in [0.717, 1.165) is 6.42 Å². The summed E-state index contributed by atoms with van der Waals surface area (Å²) in [6.45, 7) is 7.86. The van der Waals surface area contributed by atoms with Crippen LogP contribution in [0, 0.1) is 11.3 Å². The van der Waals surface area contributed by atoms with Gasteiger partial charge in [0.05, 0.1) is 6.54 Å². The Hall–Kier alpha value is -2.28. The molecular weight excluding hydrogens is 358 g/mol. The van der Waals surface area contributed by atoms with Gasteiger partial charge in [-0.1, -0.05) is 33.6 Å². The summed E-state index contributed by atoms with van der Waals surface area (Å²) in [7, 11) is 0. The molecule has 28 heavy (non-hydrogen) atoms.